The smallest absolute Gasteiger partial charge is 0.00703 e. The fourth-order valence-electron chi connectivity index (χ4n) is 1.87. The van der Waals surface area contributed by atoms with E-state index < -0.39 is 0 Å². The lowest BCUT2D eigenvalue weighted by Gasteiger charge is -2.31. The van der Waals surface area contributed by atoms with Crippen LogP contribution in [0, 0.1) is 5.92 Å². The molecular formula is C11H17NS. The molecule has 0 bridgehead atoms. The lowest BCUT2D eigenvalue weighted by Crippen LogP contribution is -2.34. The highest BCUT2D eigenvalue weighted by molar-refractivity contribution is 7.07. The number of aryl methyl sites for hydroxylation is 1. The normalized spacial score (nSPS) is 19.8. The van der Waals surface area contributed by atoms with Crippen LogP contribution in [0.2, 0.25) is 0 Å². The molecule has 1 saturated carbocycles. The molecule has 1 heterocycles. The molecule has 1 aliphatic carbocycles. The van der Waals surface area contributed by atoms with Crippen molar-refractivity contribution < 1.29 is 0 Å². The quantitative estimate of drug-likeness (QED) is 0.785. The summed E-state index contributed by atoms with van der Waals surface area (Å²) in [6.07, 6.45) is 6.47. The van der Waals surface area contributed by atoms with Crippen molar-refractivity contribution in [3.05, 3.63) is 22.4 Å². The molecule has 1 unspecified atom stereocenters. The van der Waals surface area contributed by atoms with Crippen molar-refractivity contribution in [2.24, 2.45) is 11.7 Å². The predicted octanol–water partition coefficient (Wildman–Crippen LogP) is 2.81. The molecular weight excluding hydrogens is 178 g/mol. The Bertz CT molecular complexity index is 239. The average Bonchev–Trinajstić information content (AvgIpc) is 2.49. The minimum atomic E-state index is 0.452. The average molecular weight is 195 g/mol. The molecule has 2 heteroatoms. The van der Waals surface area contributed by atoms with E-state index in [-0.39, 0.29) is 0 Å². The maximum atomic E-state index is 6.10. The van der Waals surface area contributed by atoms with Crippen LogP contribution in [0.1, 0.15) is 31.2 Å². The maximum absolute atomic E-state index is 6.10. The summed E-state index contributed by atoms with van der Waals surface area (Å²) in [5.74, 6) is 0.832. The Morgan fingerprint density at radius 3 is 2.92 bits per heavy atom. The van der Waals surface area contributed by atoms with E-state index in [2.05, 4.69) is 16.8 Å². The molecule has 13 heavy (non-hydrogen) atoms. The van der Waals surface area contributed by atoms with Crippen LogP contribution in [0.4, 0.5) is 0 Å². The first-order valence-corrected chi connectivity index (χ1v) is 6.07. The summed E-state index contributed by atoms with van der Waals surface area (Å²) < 4.78 is 0. The molecule has 0 aromatic carbocycles. The number of rotatable bonds is 4. The first-order chi connectivity index (χ1) is 6.36. The van der Waals surface area contributed by atoms with Crippen molar-refractivity contribution in [2.45, 2.75) is 38.1 Å². The van der Waals surface area contributed by atoms with Gasteiger partial charge in [-0.25, -0.2) is 0 Å². The highest BCUT2D eigenvalue weighted by Gasteiger charge is 2.23. The third kappa shape index (κ3) is 2.32. The Labute approximate surface area is 84.0 Å². The monoisotopic (exact) mass is 195 g/mol. The topological polar surface area (TPSA) is 26.0 Å². The van der Waals surface area contributed by atoms with E-state index in [1.807, 2.05) is 0 Å². The fraction of sp³-hybridized carbons (Fsp3) is 0.636. The van der Waals surface area contributed by atoms with Crippen molar-refractivity contribution >= 4 is 11.3 Å². The van der Waals surface area contributed by atoms with Gasteiger partial charge in [-0.15, -0.1) is 0 Å². The van der Waals surface area contributed by atoms with Crippen LogP contribution in [0.15, 0.2) is 16.8 Å². The van der Waals surface area contributed by atoms with Crippen molar-refractivity contribution in [3.8, 4) is 0 Å². The van der Waals surface area contributed by atoms with E-state index in [9.17, 15) is 0 Å². The summed E-state index contributed by atoms with van der Waals surface area (Å²) in [4.78, 5) is 0. The largest absolute Gasteiger partial charge is 0.327 e. The lowest BCUT2D eigenvalue weighted by molar-refractivity contribution is 0.253. The van der Waals surface area contributed by atoms with Crippen LogP contribution in [0.3, 0.4) is 0 Å². The SMILES string of the molecule is NC(CCc1ccsc1)C1CCC1. The fourth-order valence-corrected chi connectivity index (χ4v) is 2.58. The van der Waals surface area contributed by atoms with Gasteiger partial charge in [0, 0.05) is 6.04 Å². The van der Waals surface area contributed by atoms with Gasteiger partial charge in [-0.3, -0.25) is 0 Å². The standard InChI is InChI=1S/C11H17NS/c12-11(10-2-1-3-10)5-4-9-6-7-13-8-9/h6-8,10-11H,1-5,12H2. The van der Waals surface area contributed by atoms with Crippen LogP contribution in [-0.4, -0.2) is 6.04 Å². The summed E-state index contributed by atoms with van der Waals surface area (Å²) in [7, 11) is 0. The Morgan fingerprint density at radius 2 is 2.38 bits per heavy atom. The molecule has 0 saturated heterocycles. The molecule has 1 aromatic heterocycles. The second kappa shape index (κ2) is 4.25. The van der Waals surface area contributed by atoms with Crippen molar-refractivity contribution in [3.63, 3.8) is 0 Å². The summed E-state index contributed by atoms with van der Waals surface area (Å²) in [5, 5.41) is 4.37. The predicted molar refractivity (Wildman–Crippen MR) is 58.0 cm³/mol. The minimum Gasteiger partial charge on any atom is -0.327 e. The zero-order valence-electron chi connectivity index (χ0n) is 7.91. The molecule has 1 nitrogen and oxygen atoms in total. The van der Waals surface area contributed by atoms with Crippen LogP contribution in [0.25, 0.3) is 0 Å². The van der Waals surface area contributed by atoms with Gasteiger partial charge in [-0.1, -0.05) is 6.42 Å². The van der Waals surface area contributed by atoms with E-state index >= 15 is 0 Å². The number of nitrogens with two attached hydrogens (primary N) is 1. The van der Waals surface area contributed by atoms with Crippen LogP contribution >= 0.6 is 11.3 Å². The van der Waals surface area contributed by atoms with E-state index in [1.165, 1.54) is 37.7 Å². The van der Waals surface area contributed by atoms with Crippen LogP contribution in [-0.2, 0) is 6.42 Å². The Morgan fingerprint density at radius 1 is 1.54 bits per heavy atom. The van der Waals surface area contributed by atoms with Gasteiger partial charge >= 0.3 is 0 Å². The van der Waals surface area contributed by atoms with Gasteiger partial charge in [0.15, 0.2) is 0 Å². The van der Waals surface area contributed by atoms with Gasteiger partial charge in [-0.2, -0.15) is 11.3 Å². The molecule has 0 aliphatic heterocycles. The van der Waals surface area contributed by atoms with E-state index in [0.29, 0.717) is 6.04 Å². The molecule has 0 radical (unpaired) electrons. The van der Waals surface area contributed by atoms with Gasteiger partial charge in [0.05, 0.1) is 0 Å². The number of thiophene rings is 1. The van der Waals surface area contributed by atoms with Gasteiger partial charge < -0.3 is 5.73 Å². The molecule has 0 amide bonds. The number of hydrogen-bond acceptors (Lipinski definition) is 2. The highest BCUT2D eigenvalue weighted by atomic mass is 32.1. The third-order valence-corrected chi connectivity index (χ3v) is 3.83. The summed E-state index contributed by atoms with van der Waals surface area (Å²) in [6.45, 7) is 0. The first-order valence-electron chi connectivity index (χ1n) is 5.13. The lowest BCUT2D eigenvalue weighted by atomic mass is 9.78. The molecule has 1 aliphatic rings. The third-order valence-electron chi connectivity index (χ3n) is 3.10. The minimum absolute atomic E-state index is 0.452. The highest BCUT2D eigenvalue weighted by Crippen LogP contribution is 2.30. The zero-order chi connectivity index (χ0) is 9.10. The van der Waals surface area contributed by atoms with Crippen molar-refractivity contribution in [1.29, 1.82) is 0 Å². The second-order valence-corrected chi connectivity index (χ2v) is 4.81. The molecule has 1 atom stereocenters. The molecule has 2 rings (SSSR count). The van der Waals surface area contributed by atoms with Gasteiger partial charge in [0.1, 0.15) is 0 Å². The van der Waals surface area contributed by atoms with E-state index in [4.69, 9.17) is 5.73 Å². The van der Waals surface area contributed by atoms with Crippen molar-refractivity contribution in [1.82, 2.24) is 0 Å². The first kappa shape index (κ1) is 9.22. The van der Waals surface area contributed by atoms with E-state index in [1.54, 1.807) is 11.3 Å². The Balaban J connectivity index is 1.72. The molecule has 2 N–H and O–H groups in total. The number of hydrogen-bond donors (Lipinski definition) is 1. The van der Waals surface area contributed by atoms with Crippen molar-refractivity contribution in [2.75, 3.05) is 0 Å². The summed E-state index contributed by atoms with van der Waals surface area (Å²) >= 11 is 1.78. The van der Waals surface area contributed by atoms with E-state index in [0.717, 1.165) is 5.92 Å². The second-order valence-electron chi connectivity index (χ2n) is 4.03. The van der Waals surface area contributed by atoms with Gasteiger partial charge in [0.25, 0.3) is 0 Å². The summed E-state index contributed by atoms with van der Waals surface area (Å²) in [5.41, 5.74) is 7.56. The molecule has 72 valence electrons. The summed E-state index contributed by atoms with van der Waals surface area (Å²) in [6, 6.07) is 2.66. The molecule has 1 fully saturated rings. The Hall–Kier alpha value is -0.340. The maximum Gasteiger partial charge on any atom is 0.00703 e. The Kier molecular flexibility index (Phi) is 3.01. The molecule has 1 aromatic rings. The van der Waals surface area contributed by atoms with Gasteiger partial charge in [-0.05, 0) is 54.0 Å². The zero-order valence-corrected chi connectivity index (χ0v) is 8.72. The molecule has 0 spiro atoms. The van der Waals surface area contributed by atoms with Crippen LogP contribution < -0.4 is 5.73 Å². The van der Waals surface area contributed by atoms with Crippen LogP contribution in [0.5, 0.6) is 0 Å². The van der Waals surface area contributed by atoms with Gasteiger partial charge in [0.2, 0.25) is 0 Å².